The normalized spacial score (nSPS) is 30.9. The molecule has 2 bridgehead atoms. The Labute approximate surface area is 223 Å². The van der Waals surface area contributed by atoms with E-state index in [0.29, 0.717) is 38.8 Å². The number of carbonyl (C=O) groups is 3. The Hall–Kier alpha value is -1.71. The lowest BCUT2D eigenvalue weighted by molar-refractivity contribution is -0.155. The molecule has 3 rings (SSSR count). The van der Waals surface area contributed by atoms with Crippen LogP contribution in [0, 0.1) is 11.8 Å². The summed E-state index contributed by atoms with van der Waals surface area (Å²) in [5.74, 6) is -2.38. The first kappa shape index (κ1) is 28.9. The Kier molecular flexibility index (Phi) is 9.44. The molecule has 3 heterocycles. The van der Waals surface area contributed by atoms with Gasteiger partial charge in [-0.3, -0.25) is 14.4 Å². The number of halogens is 1. The predicted octanol–water partition coefficient (Wildman–Crippen LogP) is 3.22. The Bertz CT molecular complexity index is 858. The Morgan fingerprint density at radius 3 is 2.56 bits per heavy atom. The summed E-state index contributed by atoms with van der Waals surface area (Å²) < 4.78 is 12.0. The van der Waals surface area contributed by atoms with E-state index in [9.17, 15) is 14.4 Å². The van der Waals surface area contributed by atoms with Gasteiger partial charge in [-0.1, -0.05) is 40.9 Å². The van der Waals surface area contributed by atoms with Crippen LogP contribution < -0.4 is 0 Å². The maximum Gasteiger partial charge on any atom is 0.312 e. The van der Waals surface area contributed by atoms with Crippen molar-refractivity contribution < 1.29 is 29.0 Å². The lowest BCUT2D eigenvalue weighted by Crippen LogP contribution is -2.60. The number of carbonyl (C=O) groups excluding carboxylic acids is 3. The highest BCUT2D eigenvalue weighted by Crippen LogP contribution is 2.60. The van der Waals surface area contributed by atoms with E-state index in [1.165, 1.54) is 0 Å². The third-order valence-electron chi connectivity index (χ3n) is 7.56. The molecule has 9 heteroatoms. The fourth-order valence-electron chi connectivity index (χ4n) is 5.98. The van der Waals surface area contributed by atoms with Gasteiger partial charge in [-0.2, -0.15) is 0 Å². The first-order valence-corrected chi connectivity index (χ1v) is 13.9. The van der Waals surface area contributed by atoms with Crippen molar-refractivity contribution in [3.63, 3.8) is 0 Å². The minimum absolute atomic E-state index is 0.133. The van der Waals surface area contributed by atoms with E-state index in [-0.39, 0.29) is 29.9 Å². The van der Waals surface area contributed by atoms with Crippen LogP contribution >= 0.6 is 15.9 Å². The molecular formula is C27H41BrN2O6. The summed E-state index contributed by atoms with van der Waals surface area (Å²) in [6, 6.07) is -0.831. The number of rotatable bonds is 13. The van der Waals surface area contributed by atoms with E-state index in [2.05, 4.69) is 29.1 Å². The van der Waals surface area contributed by atoms with Gasteiger partial charge in [0, 0.05) is 30.1 Å². The summed E-state index contributed by atoms with van der Waals surface area (Å²) in [6.45, 7) is 14.4. The summed E-state index contributed by atoms with van der Waals surface area (Å²) in [5.41, 5.74) is -1.59. The molecule has 0 aromatic heterocycles. The second kappa shape index (κ2) is 11.8. The first-order chi connectivity index (χ1) is 17.0. The highest BCUT2D eigenvalue weighted by molar-refractivity contribution is 9.09. The van der Waals surface area contributed by atoms with Crippen molar-refractivity contribution in [2.75, 3.05) is 26.3 Å². The van der Waals surface area contributed by atoms with Crippen LogP contribution in [0.3, 0.4) is 0 Å². The molecule has 2 amide bonds. The van der Waals surface area contributed by atoms with Gasteiger partial charge in [-0.05, 0) is 46.5 Å². The molecule has 3 unspecified atom stereocenters. The lowest BCUT2D eigenvalue weighted by atomic mass is 9.70. The summed E-state index contributed by atoms with van der Waals surface area (Å²) in [5, 5.41) is 9.09. The van der Waals surface area contributed by atoms with Crippen molar-refractivity contribution in [1.82, 2.24) is 9.80 Å². The number of likely N-dealkylation sites (tertiary alicyclic amines) is 1. The van der Waals surface area contributed by atoms with Crippen LogP contribution in [0.25, 0.3) is 0 Å². The Balaban J connectivity index is 1.98. The van der Waals surface area contributed by atoms with Gasteiger partial charge in [0.2, 0.25) is 11.8 Å². The van der Waals surface area contributed by atoms with Gasteiger partial charge in [0.25, 0.3) is 0 Å². The lowest BCUT2D eigenvalue weighted by Gasteiger charge is -2.42. The molecular weight excluding hydrogens is 528 g/mol. The van der Waals surface area contributed by atoms with E-state index in [0.717, 1.165) is 12.8 Å². The van der Waals surface area contributed by atoms with Gasteiger partial charge in [-0.15, -0.1) is 13.2 Å². The maximum atomic E-state index is 14.2. The number of aliphatic hydroxyl groups is 1. The highest BCUT2D eigenvalue weighted by Gasteiger charge is 2.77. The SMILES string of the molecule is C=CCCOC(=O)[C@H]1[C@H]2C(=O)N(CCCCCCO)C(C(=O)N(CC=C)C(C)(C)C)C23CC(Br)[C@@H]1O3. The largest absolute Gasteiger partial charge is 0.465 e. The quantitative estimate of drug-likeness (QED) is 0.158. The highest BCUT2D eigenvalue weighted by atomic mass is 79.9. The average Bonchev–Trinajstić information content (AvgIpc) is 3.40. The van der Waals surface area contributed by atoms with Crippen LogP contribution in [0.4, 0.5) is 0 Å². The predicted molar refractivity (Wildman–Crippen MR) is 140 cm³/mol. The second-order valence-electron chi connectivity index (χ2n) is 11.0. The van der Waals surface area contributed by atoms with Crippen molar-refractivity contribution in [3.8, 4) is 0 Å². The van der Waals surface area contributed by atoms with Gasteiger partial charge in [0.15, 0.2) is 0 Å². The fourth-order valence-corrected chi connectivity index (χ4v) is 6.92. The number of ether oxygens (including phenoxy) is 2. The molecule has 0 aromatic carbocycles. The molecule has 0 aliphatic carbocycles. The molecule has 1 spiro atoms. The smallest absolute Gasteiger partial charge is 0.312 e. The summed E-state index contributed by atoms with van der Waals surface area (Å²) in [6.07, 6.45) is 6.90. The van der Waals surface area contributed by atoms with Gasteiger partial charge in [-0.25, -0.2) is 0 Å². The van der Waals surface area contributed by atoms with Crippen molar-refractivity contribution in [3.05, 3.63) is 25.3 Å². The van der Waals surface area contributed by atoms with Crippen LogP contribution in [0.15, 0.2) is 25.3 Å². The minimum Gasteiger partial charge on any atom is -0.465 e. The zero-order chi connectivity index (χ0) is 26.7. The van der Waals surface area contributed by atoms with Gasteiger partial charge in [0.05, 0.1) is 24.5 Å². The van der Waals surface area contributed by atoms with Crippen molar-refractivity contribution >= 4 is 33.7 Å². The molecule has 3 saturated heterocycles. The fraction of sp³-hybridized carbons (Fsp3) is 0.741. The number of unbranched alkanes of at least 4 members (excludes halogenated alkanes) is 3. The molecule has 202 valence electrons. The molecule has 1 N–H and O–H groups in total. The standard InChI is InChI=1S/C27H41BrN2O6/c1-6-8-16-35-25(34)19-20-23(32)29(14-11-9-10-12-15-31)22(27(20)17-18(28)21(19)36-27)24(33)30(13-7-2)26(3,4)5/h6-7,18-22,31H,1-2,8-17H2,3-5H3/t18?,19-,20-,21-,22?,27?/m0/s1. The number of hydrogen-bond donors (Lipinski definition) is 1. The van der Waals surface area contributed by atoms with Gasteiger partial charge in [0.1, 0.15) is 11.6 Å². The molecule has 0 saturated carbocycles. The van der Waals surface area contributed by atoms with Crippen LogP contribution in [0.5, 0.6) is 0 Å². The average molecular weight is 570 g/mol. The number of alkyl halides is 1. The molecule has 0 aromatic rings. The number of esters is 1. The van der Waals surface area contributed by atoms with Gasteiger partial charge >= 0.3 is 5.97 Å². The van der Waals surface area contributed by atoms with Crippen molar-refractivity contribution in [2.24, 2.45) is 11.8 Å². The van der Waals surface area contributed by atoms with Gasteiger partial charge < -0.3 is 24.4 Å². The third-order valence-corrected chi connectivity index (χ3v) is 8.40. The number of hydrogen-bond acceptors (Lipinski definition) is 6. The first-order valence-electron chi connectivity index (χ1n) is 13.0. The topological polar surface area (TPSA) is 96.4 Å². The van der Waals surface area contributed by atoms with Crippen LogP contribution in [0.2, 0.25) is 0 Å². The Morgan fingerprint density at radius 1 is 1.25 bits per heavy atom. The van der Waals surface area contributed by atoms with Crippen LogP contribution in [0.1, 0.15) is 59.3 Å². The molecule has 8 nitrogen and oxygen atoms in total. The number of aliphatic hydroxyl groups excluding tert-OH is 1. The van der Waals surface area contributed by atoms with Crippen LogP contribution in [-0.2, 0) is 23.9 Å². The minimum atomic E-state index is -1.09. The molecule has 3 aliphatic rings. The second-order valence-corrected chi connectivity index (χ2v) is 12.2. The zero-order valence-electron chi connectivity index (χ0n) is 21.8. The zero-order valence-corrected chi connectivity index (χ0v) is 23.4. The van der Waals surface area contributed by atoms with E-state index in [1.807, 2.05) is 20.8 Å². The van der Waals surface area contributed by atoms with E-state index in [1.54, 1.807) is 22.0 Å². The summed E-state index contributed by atoms with van der Waals surface area (Å²) in [4.78, 5) is 44.6. The maximum absolute atomic E-state index is 14.2. The number of amides is 2. The monoisotopic (exact) mass is 568 g/mol. The molecule has 6 atom stereocenters. The summed E-state index contributed by atoms with van der Waals surface area (Å²) >= 11 is 3.68. The number of fused-ring (bicyclic) bond motifs is 1. The van der Waals surface area contributed by atoms with Crippen molar-refractivity contribution in [1.29, 1.82) is 0 Å². The summed E-state index contributed by atoms with van der Waals surface area (Å²) in [7, 11) is 0. The molecule has 0 radical (unpaired) electrons. The number of nitrogens with zero attached hydrogens (tertiary/aromatic N) is 2. The molecule has 3 fully saturated rings. The Morgan fingerprint density at radius 2 is 1.94 bits per heavy atom. The van der Waals surface area contributed by atoms with Crippen LogP contribution in [-0.4, -0.2) is 87.1 Å². The van der Waals surface area contributed by atoms with E-state index in [4.69, 9.17) is 14.6 Å². The van der Waals surface area contributed by atoms with Crippen molar-refractivity contribution in [2.45, 2.75) is 87.4 Å². The third kappa shape index (κ3) is 5.29. The molecule has 3 aliphatic heterocycles. The van der Waals surface area contributed by atoms with E-state index < -0.39 is 41.1 Å². The van der Waals surface area contributed by atoms with E-state index >= 15 is 0 Å². The molecule has 36 heavy (non-hydrogen) atoms.